The second kappa shape index (κ2) is 9.38. The Morgan fingerprint density at radius 1 is 1.32 bits per heavy atom. The highest BCUT2D eigenvalue weighted by molar-refractivity contribution is 9.10. The van der Waals surface area contributed by atoms with E-state index in [2.05, 4.69) is 42.0 Å². The molecule has 0 aromatic heterocycles. The van der Waals surface area contributed by atoms with Crippen LogP contribution in [0.4, 0.5) is 0 Å². The third-order valence-corrected chi connectivity index (χ3v) is 3.66. The predicted molar refractivity (Wildman–Crippen MR) is 97.1 cm³/mol. The number of nitrogens with one attached hydrogen (secondary N) is 1. The lowest BCUT2D eigenvalue weighted by Crippen LogP contribution is -2.34. The number of rotatable bonds is 6. The number of hydrogen-bond acceptors (Lipinski definition) is 3. The molecule has 1 aromatic rings. The van der Waals surface area contributed by atoms with Gasteiger partial charge in [0.15, 0.2) is 6.61 Å². The Morgan fingerprint density at radius 2 is 1.95 bits per heavy atom. The van der Waals surface area contributed by atoms with E-state index in [1.807, 2.05) is 37.2 Å². The predicted octanol–water partition coefficient (Wildman–Crippen LogP) is 3.23. The maximum absolute atomic E-state index is 11.7. The van der Waals surface area contributed by atoms with E-state index in [1.54, 1.807) is 0 Å². The van der Waals surface area contributed by atoms with Crippen LogP contribution in [-0.4, -0.2) is 44.6 Å². The van der Waals surface area contributed by atoms with E-state index in [1.165, 1.54) is 5.56 Å². The molecule has 126 valence electrons. The van der Waals surface area contributed by atoms with Crippen LogP contribution >= 0.6 is 28.3 Å². The molecule has 0 fully saturated rings. The SMILES string of the molecule is CN(C)CCNC(=O)COc1ccc(C(C)(C)C)cc1Br.Cl. The first-order chi connectivity index (χ1) is 9.70. The second-order valence-corrected chi connectivity index (χ2v) is 7.19. The lowest BCUT2D eigenvalue weighted by atomic mass is 9.87. The molecule has 1 amide bonds. The van der Waals surface area contributed by atoms with Gasteiger partial charge in [-0.3, -0.25) is 4.79 Å². The average molecular weight is 394 g/mol. The van der Waals surface area contributed by atoms with Crippen molar-refractivity contribution in [1.29, 1.82) is 0 Å². The molecule has 1 rings (SSSR count). The fourth-order valence-corrected chi connectivity index (χ4v) is 2.19. The Balaban J connectivity index is 0.00000441. The maximum Gasteiger partial charge on any atom is 0.257 e. The molecule has 1 N–H and O–H groups in total. The quantitative estimate of drug-likeness (QED) is 0.807. The largest absolute Gasteiger partial charge is 0.483 e. The van der Waals surface area contributed by atoms with Crippen LogP contribution in [0.5, 0.6) is 5.75 Å². The molecular formula is C16H26BrClN2O2. The summed E-state index contributed by atoms with van der Waals surface area (Å²) in [6, 6.07) is 5.97. The van der Waals surface area contributed by atoms with E-state index < -0.39 is 0 Å². The minimum absolute atomic E-state index is 0. The van der Waals surface area contributed by atoms with Crippen LogP contribution in [0.1, 0.15) is 26.3 Å². The van der Waals surface area contributed by atoms with Crippen LogP contribution in [-0.2, 0) is 10.2 Å². The van der Waals surface area contributed by atoms with Gasteiger partial charge in [-0.1, -0.05) is 26.8 Å². The Bertz CT molecular complexity index is 488. The number of nitrogens with zero attached hydrogens (tertiary/aromatic N) is 1. The third-order valence-electron chi connectivity index (χ3n) is 3.04. The van der Waals surface area contributed by atoms with E-state index in [9.17, 15) is 4.79 Å². The topological polar surface area (TPSA) is 41.6 Å². The Hall–Kier alpha value is -0.780. The molecule has 0 aliphatic carbocycles. The van der Waals surface area contributed by atoms with Gasteiger partial charge in [-0.25, -0.2) is 0 Å². The number of carbonyl (C=O) groups excluding carboxylic acids is 1. The van der Waals surface area contributed by atoms with Gasteiger partial charge in [-0.15, -0.1) is 12.4 Å². The van der Waals surface area contributed by atoms with E-state index in [0.717, 1.165) is 11.0 Å². The van der Waals surface area contributed by atoms with Crippen molar-refractivity contribution < 1.29 is 9.53 Å². The van der Waals surface area contributed by atoms with Gasteiger partial charge in [0.2, 0.25) is 0 Å². The summed E-state index contributed by atoms with van der Waals surface area (Å²) >= 11 is 3.50. The van der Waals surface area contributed by atoms with Crippen LogP contribution in [0.2, 0.25) is 0 Å². The second-order valence-electron chi connectivity index (χ2n) is 6.34. The molecule has 0 spiro atoms. The van der Waals surface area contributed by atoms with E-state index >= 15 is 0 Å². The summed E-state index contributed by atoms with van der Waals surface area (Å²) in [5.74, 6) is 0.578. The highest BCUT2D eigenvalue weighted by Crippen LogP contribution is 2.31. The Morgan fingerprint density at radius 3 is 2.45 bits per heavy atom. The standard InChI is InChI=1S/C16H25BrN2O2.ClH/c1-16(2,3)12-6-7-14(13(17)10-12)21-11-15(20)18-8-9-19(4)5;/h6-7,10H,8-9,11H2,1-5H3,(H,18,20);1H. The summed E-state index contributed by atoms with van der Waals surface area (Å²) < 4.78 is 6.42. The van der Waals surface area contributed by atoms with Gasteiger partial charge >= 0.3 is 0 Å². The van der Waals surface area contributed by atoms with Crippen LogP contribution < -0.4 is 10.1 Å². The van der Waals surface area contributed by atoms with Gasteiger partial charge in [0.05, 0.1) is 4.47 Å². The summed E-state index contributed by atoms with van der Waals surface area (Å²) in [5, 5.41) is 2.82. The van der Waals surface area contributed by atoms with Gasteiger partial charge in [0.1, 0.15) is 5.75 Å². The highest BCUT2D eigenvalue weighted by atomic mass is 79.9. The number of benzene rings is 1. The van der Waals surface area contributed by atoms with Gasteiger partial charge in [-0.05, 0) is 53.1 Å². The minimum atomic E-state index is -0.108. The van der Waals surface area contributed by atoms with Crippen molar-refractivity contribution in [2.45, 2.75) is 26.2 Å². The molecule has 4 nitrogen and oxygen atoms in total. The summed E-state index contributed by atoms with van der Waals surface area (Å²) in [6.45, 7) is 7.95. The molecule has 0 saturated carbocycles. The smallest absolute Gasteiger partial charge is 0.257 e. The molecule has 0 unspecified atom stereocenters. The molecule has 0 bridgehead atoms. The average Bonchev–Trinajstić information content (AvgIpc) is 2.35. The lowest BCUT2D eigenvalue weighted by Gasteiger charge is -2.20. The Kier molecular flexibility index (Phi) is 9.05. The molecule has 0 heterocycles. The molecule has 0 atom stereocenters. The molecule has 0 aliphatic rings. The van der Waals surface area contributed by atoms with Crippen molar-refractivity contribution >= 4 is 34.2 Å². The first kappa shape index (κ1) is 21.2. The number of ether oxygens (including phenoxy) is 1. The van der Waals surface area contributed by atoms with Crippen LogP contribution in [0.25, 0.3) is 0 Å². The summed E-state index contributed by atoms with van der Waals surface area (Å²) in [6.07, 6.45) is 0. The summed E-state index contributed by atoms with van der Waals surface area (Å²) in [4.78, 5) is 13.7. The Labute approximate surface area is 148 Å². The minimum Gasteiger partial charge on any atom is -0.483 e. The molecule has 1 aromatic carbocycles. The number of amides is 1. The molecule has 6 heteroatoms. The highest BCUT2D eigenvalue weighted by Gasteiger charge is 2.15. The first-order valence-electron chi connectivity index (χ1n) is 7.04. The first-order valence-corrected chi connectivity index (χ1v) is 7.83. The fraction of sp³-hybridized carbons (Fsp3) is 0.562. The van der Waals surface area contributed by atoms with Crippen LogP contribution in [0, 0.1) is 0 Å². The van der Waals surface area contributed by atoms with Crippen molar-refractivity contribution in [3.05, 3.63) is 28.2 Å². The molecular weight excluding hydrogens is 368 g/mol. The summed E-state index contributed by atoms with van der Waals surface area (Å²) in [5.41, 5.74) is 1.31. The van der Waals surface area contributed by atoms with Crippen LogP contribution in [0.3, 0.4) is 0 Å². The number of halogens is 2. The van der Waals surface area contributed by atoms with Crippen molar-refractivity contribution in [3.8, 4) is 5.75 Å². The molecule has 22 heavy (non-hydrogen) atoms. The number of carbonyl (C=O) groups is 1. The molecule has 0 saturated heterocycles. The molecule has 0 radical (unpaired) electrons. The number of likely N-dealkylation sites (N-methyl/N-ethyl adjacent to an activating group) is 1. The van der Waals surface area contributed by atoms with Gasteiger partial charge in [0, 0.05) is 13.1 Å². The van der Waals surface area contributed by atoms with Crippen molar-refractivity contribution in [2.24, 2.45) is 0 Å². The zero-order valence-corrected chi connectivity index (χ0v) is 16.3. The van der Waals surface area contributed by atoms with E-state index in [0.29, 0.717) is 12.3 Å². The van der Waals surface area contributed by atoms with Crippen molar-refractivity contribution in [3.63, 3.8) is 0 Å². The maximum atomic E-state index is 11.7. The zero-order valence-electron chi connectivity index (χ0n) is 13.9. The van der Waals surface area contributed by atoms with Crippen LogP contribution in [0.15, 0.2) is 22.7 Å². The van der Waals surface area contributed by atoms with E-state index in [-0.39, 0.29) is 30.3 Å². The molecule has 0 aliphatic heterocycles. The summed E-state index contributed by atoms with van der Waals surface area (Å²) in [7, 11) is 3.94. The van der Waals surface area contributed by atoms with E-state index in [4.69, 9.17) is 4.74 Å². The fourth-order valence-electron chi connectivity index (χ4n) is 1.70. The number of hydrogen-bond donors (Lipinski definition) is 1. The van der Waals surface area contributed by atoms with Gasteiger partial charge in [0.25, 0.3) is 5.91 Å². The third kappa shape index (κ3) is 7.47. The van der Waals surface area contributed by atoms with Crippen molar-refractivity contribution in [1.82, 2.24) is 10.2 Å². The van der Waals surface area contributed by atoms with Gasteiger partial charge in [-0.2, -0.15) is 0 Å². The normalized spacial score (nSPS) is 11.0. The zero-order chi connectivity index (χ0) is 16.0. The monoisotopic (exact) mass is 392 g/mol. The van der Waals surface area contributed by atoms with Gasteiger partial charge < -0.3 is 15.0 Å². The van der Waals surface area contributed by atoms with Crippen molar-refractivity contribution in [2.75, 3.05) is 33.8 Å². The lowest BCUT2D eigenvalue weighted by molar-refractivity contribution is -0.123.